The summed E-state index contributed by atoms with van der Waals surface area (Å²) in [5.41, 5.74) is 1.98. The molecular weight excluding hydrogens is 337 g/mol. The molecule has 0 aliphatic heterocycles. The summed E-state index contributed by atoms with van der Waals surface area (Å²) in [6.07, 6.45) is 1.61. The summed E-state index contributed by atoms with van der Waals surface area (Å²) in [7, 11) is 1.55. The number of nitrogens with zero attached hydrogens (tertiary/aromatic N) is 2. The van der Waals surface area contributed by atoms with Gasteiger partial charge < -0.3 is 10.1 Å². The van der Waals surface area contributed by atoms with Gasteiger partial charge in [-0.1, -0.05) is 35.3 Å². The van der Waals surface area contributed by atoms with Crippen LogP contribution in [0.15, 0.2) is 36.5 Å². The standard InChI is InChI=1S/C16H13Cl2N3O2/c1-9-14(21-8-10(17)7-11(18)15(21)19-9)16(22)20-12-5-3-4-6-13(12)23-2/h3-8H,1-2H3,(H,20,22). The molecule has 0 saturated heterocycles. The van der Waals surface area contributed by atoms with Crippen LogP contribution in [0.5, 0.6) is 5.75 Å². The smallest absolute Gasteiger partial charge is 0.274 e. The molecule has 0 aliphatic rings. The first-order valence-electron chi connectivity index (χ1n) is 6.79. The maximum absolute atomic E-state index is 12.7. The molecule has 0 spiro atoms. The zero-order valence-electron chi connectivity index (χ0n) is 12.4. The van der Waals surface area contributed by atoms with Crippen LogP contribution in [-0.2, 0) is 0 Å². The number of para-hydroxylation sites is 2. The average molecular weight is 350 g/mol. The molecule has 0 unspecified atom stereocenters. The van der Waals surface area contributed by atoms with Gasteiger partial charge in [0.1, 0.15) is 11.4 Å². The van der Waals surface area contributed by atoms with Gasteiger partial charge in [0.15, 0.2) is 5.65 Å². The molecule has 0 saturated carbocycles. The molecule has 0 fully saturated rings. The molecule has 0 bridgehead atoms. The van der Waals surface area contributed by atoms with Crippen molar-refractivity contribution < 1.29 is 9.53 Å². The highest BCUT2D eigenvalue weighted by Crippen LogP contribution is 2.27. The highest BCUT2D eigenvalue weighted by atomic mass is 35.5. The lowest BCUT2D eigenvalue weighted by Gasteiger charge is -2.10. The van der Waals surface area contributed by atoms with Gasteiger partial charge in [-0.15, -0.1) is 0 Å². The van der Waals surface area contributed by atoms with E-state index in [1.807, 2.05) is 12.1 Å². The number of aromatic nitrogens is 2. The highest BCUT2D eigenvalue weighted by Gasteiger charge is 2.19. The van der Waals surface area contributed by atoms with Gasteiger partial charge in [-0.2, -0.15) is 0 Å². The number of fused-ring (bicyclic) bond motifs is 1. The number of aryl methyl sites for hydroxylation is 1. The van der Waals surface area contributed by atoms with E-state index in [9.17, 15) is 4.79 Å². The van der Waals surface area contributed by atoms with E-state index in [0.29, 0.717) is 38.5 Å². The number of halogens is 2. The third-order valence-corrected chi connectivity index (χ3v) is 3.87. The fourth-order valence-electron chi connectivity index (χ4n) is 2.39. The number of rotatable bonds is 3. The SMILES string of the molecule is COc1ccccc1NC(=O)c1c(C)nc2c(Cl)cc(Cl)cn12. The monoisotopic (exact) mass is 349 g/mol. The number of nitrogens with one attached hydrogen (secondary N) is 1. The van der Waals surface area contributed by atoms with Gasteiger partial charge in [0.05, 0.1) is 28.5 Å². The maximum Gasteiger partial charge on any atom is 0.274 e. The van der Waals surface area contributed by atoms with Crippen molar-refractivity contribution in [2.45, 2.75) is 6.92 Å². The molecule has 5 nitrogen and oxygen atoms in total. The van der Waals surface area contributed by atoms with Crippen molar-refractivity contribution in [3.8, 4) is 5.75 Å². The van der Waals surface area contributed by atoms with E-state index in [1.54, 1.807) is 42.8 Å². The Balaban J connectivity index is 2.06. The zero-order chi connectivity index (χ0) is 16.6. The van der Waals surface area contributed by atoms with Crippen molar-refractivity contribution in [1.29, 1.82) is 0 Å². The Labute approximate surface area is 142 Å². The maximum atomic E-state index is 12.7. The third-order valence-electron chi connectivity index (χ3n) is 3.39. The van der Waals surface area contributed by atoms with Crippen LogP contribution in [0, 0.1) is 6.92 Å². The van der Waals surface area contributed by atoms with Crippen molar-refractivity contribution in [2.75, 3.05) is 12.4 Å². The lowest BCUT2D eigenvalue weighted by Crippen LogP contribution is -2.16. The number of imidazole rings is 1. The van der Waals surface area contributed by atoms with Gasteiger partial charge in [-0.25, -0.2) is 4.98 Å². The fraction of sp³-hybridized carbons (Fsp3) is 0.125. The van der Waals surface area contributed by atoms with Gasteiger partial charge in [0, 0.05) is 6.20 Å². The van der Waals surface area contributed by atoms with Crippen LogP contribution in [0.1, 0.15) is 16.2 Å². The van der Waals surface area contributed by atoms with Crippen LogP contribution in [0.2, 0.25) is 10.0 Å². The fourth-order valence-corrected chi connectivity index (χ4v) is 2.90. The molecule has 0 radical (unpaired) electrons. The van der Waals surface area contributed by atoms with Gasteiger partial charge in [-0.05, 0) is 25.1 Å². The molecule has 1 aromatic carbocycles. The molecule has 1 N–H and O–H groups in total. The first-order valence-corrected chi connectivity index (χ1v) is 7.55. The molecule has 1 amide bonds. The van der Waals surface area contributed by atoms with Gasteiger partial charge in [0.25, 0.3) is 5.91 Å². The number of benzene rings is 1. The molecule has 0 aliphatic carbocycles. The normalized spacial score (nSPS) is 10.8. The number of hydrogen-bond acceptors (Lipinski definition) is 3. The Morgan fingerprint density at radius 2 is 2.04 bits per heavy atom. The second-order valence-electron chi connectivity index (χ2n) is 4.90. The summed E-state index contributed by atoms with van der Waals surface area (Å²) in [6, 6.07) is 8.76. The quantitative estimate of drug-likeness (QED) is 0.770. The van der Waals surface area contributed by atoms with Gasteiger partial charge in [-0.3, -0.25) is 9.20 Å². The van der Waals surface area contributed by atoms with E-state index in [4.69, 9.17) is 27.9 Å². The second kappa shape index (κ2) is 6.10. The molecule has 2 aromatic heterocycles. The van der Waals surface area contributed by atoms with Crippen molar-refractivity contribution in [3.63, 3.8) is 0 Å². The van der Waals surface area contributed by atoms with Crippen LogP contribution < -0.4 is 10.1 Å². The number of methoxy groups -OCH3 is 1. The first-order chi connectivity index (χ1) is 11.0. The minimum atomic E-state index is -0.321. The number of carbonyl (C=O) groups is 1. The third kappa shape index (κ3) is 2.85. The summed E-state index contributed by atoms with van der Waals surface area (Å²) in [5, 5.41) is 3.63. The molecule has 3 aromatic rings. The van der Waals surface area contributed by atoms with Crippen molar-refractivity contribution in [2.24, 2.45) is 0 Å². The van der Waals surface area contributed by atoms with Crippen molar-refractivity contribution in [1.82, 2.24) is 9.38 Å². The molecule has 3 rings (SSSR count). The summed E-state index contributed by atoms with van der Waals surface area (Å²) in [6.45, 7) is 1.74. The van der Waals surface area contributed by atoms with Crippen LogP contribution in [0.25, 0.3) is 5.65 Å². The molecule has 23 heavy (non-hydrogen) atoms. The van der Waals surface area contributed by atoms with Crippen LogP contribution in [-0.4, -0.2) is 22.4 Å². The number of amides is 1. The zero-order valence-corrected chi connectivity index (χ0v) is 13.9. The van der Waals surface area contributed by atoms with Crippen molar-refractivity contribution >= 4 is 40.4 Å². The topological polar surface area (TPSA) is 55.6 Å². The molecule has 0 atom stereocenters. The summed E-state index contributed by atoms with van der Waals surface area (Å²) in [4.78, 5) is 17.0. The minimum Gasteiger partial charge on any atom is -0.495 e. The lowest BCUT2D eigenvalue weighted by molar-refractivity contribution is 0.102. The van der Waals surface area contributed by atoms with Crippen LogP contribution in [0.4, 0.5) is 5.69 Å². The summed E-state index contributed by atoms with van der Waals surface area (Å²) < 4.78 is 6.83. The average Bonchev–Trinajstić information content (AvgIpc) is 2.84. The molecular formula is C16H13Cl2N3O2. The number of ether oxygens (including phenoxy) is 1. The Morgan fingerprint density at radius 3 is 2.78 bits per heavy atom. The van der Waals surface area contributed by atoms with E-state index in [1.165, 1.54) is 0 Å². The van der Waals surface area contributed by atoms with E-state index in [0.717, 1.165) is 0 Å². The van der Waals surface area contributed by atoms with E-state index in [2.05, 4.69) is 10.3 Å². The van der Waals surface area contributed by atoms with E-state index in [-0.39, 0.29) is 5.91 Å². The Hall–Kier alpha value is -2.24. The van der Waals surface area contributed by atoms with Gasteiger partial charge in [0.2, 0.25) is 0 Å². The van der Waals surface area contributed by atoms with E-state index < -0.39 is 0 Å². The summed E-state index contributed by atoms with van der Waals surface area (Å²) >= 11 is 12.2. The minimum absolute atomic E-state index is 0.321. The predicted octanol–water partition coefficient (Wildman–Crippen LogP) is 4.21. The van der Waals surface area contributed by atoms with Crippen LogP contribution >= 0.6 is 23.2 Å². The predicted molar refractivity (Wildman–Crippen MR) is 90.9 cm³/mol. The van der Waals surface area contributed by atoms with E-state index >= 15 is 0 Å². The van der Waals surface area contributed by atoms with Gasteiger partial charge >= 0.3 is 0 Å². The Kier molecular flexibility index (Phi) is 4.15. The highest BCUT2D eigenvalue weighted by molar-refractivity contribution is 6.36. The molecule has 7 heteroatoms. The van der Waals surface area contributed by atoms with Crippen molar-refractivity contribution in [3.05, 3.63) is 58.0 Å². The Bertz CT molecular complexity index is 906. The van der Waals surface area contributed by atoms with Crippen LogP contribution in [0.3, 0.4) is 0 Å². The summed E-state index contributed by atoms with van der Waals surface area (Å²) in [5.74, 6) is 0.251. The largest absolute Gasteiger partial charge is 0.495 e. The Morgan fingerprint density at radius 1 is 1.30 bits per heavy atom. The second-order valence-corrected chi connectivity index (χ2v) is 5.74. The number of hydrogen-bond donors (Lipinski definition) is 1. The number of carbonyl (C=O) groups excluding carboxylic acids is 1. The number of anilines is 1. The first kappa shape index (κ1) is 15.6. The lowest BCUT2D eigenvalue weighted by atomic mass is 10.2. The number of pyridine rings is 1. The molecule has 118 valence electrons. The molecule has 2 heterocycles.